The molecule has 0 aromatic rings. The molecule has 0 unspecified atom stereocenters. The average molecular weight is 302 g/mol. The number of amides is 1. The highest BCUT2D eigenvalue weighted by molar-refractivity contribution is 7.88. The summed E-state index contributed by atoms with van der Waals surface area (Å²) in [5, 5.41) is 2.85. The Bertz CT molecular complexity index is 432. The molecule has 1 heterocycles. The second kappa shape index (κ2) is 8.42. The Labute approximate surface area is 122 Å². The van der Waals surface area contributed by atoms with E-state index in [0.29, 0.717) is 25.9 Å². The monoisotopic (exact) mass is 302 g/mol. The second-order valence-electron chi connectivity index (χ2n) is 5.25. The zero-order valence-electron chi connectivity index (χ0n) is 12.5. The van der Waals surface area contributed by atoms with Gasteiger partial charge in [-0.3, -0.25) is 4.79 Å². The molecule has 116 valence electrons. The number of nitrogens with one attached hydrogen (secondary N) is 1. The fraction of sp³-hybridized carbons (Fsp3) is 0.786. The van der Waals surface area contributed by atoms with E-state index in [1.807, 2.05) is 19.1 Å². The molecule has 20 heavy (non-hydrogen) atoms. The number of hydrogen-bond donors (Lipinski definition) is 1. The molecule has 0 radical (unpaired) electrons. The Morgan fingerprint density at radius 1 is 1.35 bits per heavy atom. The molecule has 0 spiro atoms. The Hall–Kier alpha value is -0.880. The van der Waals surface area contributed by atoms with Crippen LogP contribution < -0.4 is 5.32 Å². The van der Waals surface area contributed by atoms with Crippen molar-refractivity contribution in [2.45, 2.75) is 51.5 Å². The fourth-order valence-electron chi connectivity index (χ4n) is 2.51. The van der Waals surface area contributed by atoms with Gasteiger partial charge in [0.25, 0.3) is 0 Å². The highest BCUT2D eigenvalue weighted by Gasteiger charge is 2.28. The van der Waals surface area contributed by atoms with Crippen LogP contribution in [0.3, 0.4) is 0 Å². The Morgan fingerprint density at radius 2 is 2.10 bits per heavy atom. The molecule has 1 aliphatic heterocycles. The molecule has 1 rings (SSSR count). The summed E-state index contributed by atoms with van der Waals surface area (Å²) in [6.45, 7) is 3.17. The van der Waals surface area contributed by atoms with Crippen molar-refractivity contribution < 1.29 is 13.2 Å². The van der Waals surface area contributed by atoms with E-state index in [1.54, 1.807) is 4.31 Å². The summed E-state index contributed by atoms with van der Waals surface area (Å²) >= 11 is 0. The van der Waals surface area contributed by atoms with E-state index in [1.165, 1.54) is 6.26 Å². The number of nitrogens with zero attached hydrogens (tertiary/aromatic N) is 1. The minimum Gasteiger partial charge on any atom is -0.356 e. The number of piperidine rings is 1. The Balaban J connectivity index is 2.36. The van der Waals surface area contributed by atoms with Crippen LogP contribution in [0, 0.1) is 0 Å². The molecule has 5 nitrogen and oxygen atoms in total. The highest BCUT2D eigenvalue weighted by Crippen LogP contribution is 2.21. The summed E-state index contributed by atoms with van der Waals surface area (Å²) in [5.41, 5.74) is 0. The van der Waals surface area contributed by atoms with Crippen molar-refractivity contribution in [3.8, 4) is 0 Å². The maximum atomic E-state index is 11.7. The normalized spacial score (nSPS) is 21.2. The van der Waals surface area contributed by atoms with Crippen molar-refractivity contribution in [2.24, 2.45) is 0 Å². The van der Waals surface area contributed by atoms with Crippen molar-refractivity contribution in [2.75, 3.05) is 19.3 Å². The summed E-state index contributed by atoms with van der Waals surface area (Å²) in [7, 11) is -3.13. The minimum atomic E-state index is -3.13. The Morgan fingerprint density at radius 3 is 2.75 bits per heavy atom. The summed E-state index contributed by atoms with van der Waals surface area (Å²) < 4.78 is 25.0. The SMILES string of the molecule is CC/C=C/CC(=O)NCC[C@@H]1CCCCN1S(C)(=O)=O. The molecule has 6 heteroatoms. The fourth-order valence-corrected chi connectivity index (χ4v) is 3.72. The number of rotatable bonds is 7. The molecule has 0 aromatic heterocycles. The number of carbonyl (C=O) groups excluding carboxylic acids is 1. The lowest BCUT2D eigenvalue weighted by atomic mass is 10.0. The average Bonchev–Trinajstić information content (AvgIpc) is 2.38. The van der Waals surface area contributed by atoms with E-state index in [0.717, 1.165) is 25.7 Å². The van der Waals surface area contributed by atoms with Gasteiger partial charge in [-0.15, -0.1) is 0 Å². The molecule has 0 bridgehead atoms. The van der Waals surface area contributed by atoms with E-state index in [-0.39, 0.29) is 11.9 Å². The predicted molar refractivity (Wildman–Crippen MR) is 80.9 cm³/mol. The van der Waals surface area contributed by atoms with Gasteiger partial charge in [-0.25, -0.2) is 8.42 Å². The van der Waals surface area contributed by atoms with Gasteiger partial charge in [-0.1, -0.05) is 25.5 Å². The van der Waals surface area contributed by atoms with Gasteiger partial charge in [-0.05, 0) is 25.7 Å². The Kier molecular flexibility index (Phi) is 7.23. The van der Waals surface area contributed by atoms with Crippen LogP contribution in [0.15, 0.2) is 12.2 Å². The molecular formula is C14H26N2O3S. The van der Waals surface area contributed by atoms with Gasteiger partial charge in [0.1, 0.15) is 0 Å². The zero-order valence-corrected chi connectivity index (χ0v) is 13.3. The number of allylic oxidation sites excluding steroid dienone is 1. The van der Waals surface area contributed by atoms with Crippen molar-refractivity contribution in [1.82, 2.24) is 9.62 Å². The lowest BCUT2D eigenvalue weighted by molar-refractivity contribution is -0.120. The first-order chi connectivity index (χ1) is 9.45. The molecule has 1 aliphatic rings. The third-order valence-corrected chi connectivity index (χ3v) is 4.84. The number of hydrogen-bond acceptors (Lipinski definition) is 3. The van der Waals surface area contributed by atoms with Crippen LogP contribution in [0.5, 0.6) is 0 Å². The summed E-state index contributed by atoms with van der Waals surface area (Å²) in [6.07, 6.45) is 9.98. The molecule has 1 amide bonds. The van der Waals surface area contributed by atoms with Gasteiger partial charge in [0.15, 0.2) is 0 Å². The van der Waals surface area contributed by atoms with Crippen molar-refractivity contribution in [3.05, 3.63) is 12.2 Å². The van der Waals surface area contributed by atoms with Gasteiger partial charge in [0.05, 0.1) is 6.26 Å². The molecule has 1 N–H and O–H groups in total. The van der Waals surface area contributed by atoms with Crippen LogP contribution in [0.2, 0.25) is 0 Å². The first-order valence-electron chi connectivity index (χ1n) is 7.33. The van der Waals surface area contributed by atoms with Crippen LogP contribution in [0.1, 0.15) is 45.4 Å². The largest absolute Gasteiger partial charge is 0.356 e. The van der Waals surface area contributed by atoms with Gasteiger partial charge in [-0.2, -0.15) is 4.31 Å². The van der Waals surface area contributed by atoms with Crippen LogP contribution in [0.4, 0.5) is 0 Å². The maximum Gasteiger partial charge on any atom is 0.223 e. The van der Waals surface area contributed by atoms with Gasteiger partial charge >= 0.3 is 0 Å². The molecule has 1 saturated heterocycles. The van der Waals surface area contributed by atoms with Crippen LogP contribution in [0.25, 0.3) is 0 Å². The smallest absolute Gasteiger partial charge is 0.223 e. The van der Waals surface area contributed by atoms with Gasteiger partial charge in [0, 0.05) is 25.6 Å². The number of sulfonamides is 1. The molecule has 0 aliphatic carbocycles. The zero-order chi connectivity index (χ0) is 15.0. The molecule has 0 saturated carbocycles. The van der Waals surface area contributed by atoms with E-state index >= 15 is 0 Å². The van der Waals surface area contributed by atoms with E-state index < -0.39 is 10.0 Å². The highest BCUT2D eigenvalue weighted by atomic mass is 32.2. The molecule has 0 aromatic carbocycles. The predicted octanol–water partition coefficient (Wildman–Crippen LogP) is 1.66. The van der Waals surface area contributed by atoms with E-state index in [4.69, 9.17) is 0 Å². The summed E-state index contributed by atoms with van der Waals surface area (Å²) in [4.78, 5) is 11.5. The van der Waals surface area contributed by atoms with Crippen molar-refractivity contribution in [3.63, 3.8) is 0 Å². The standard InChI is InChI=1S/C14H26N2O3S/c1-3-4-5-9-14(17)15-11-10-13-8-6-7-12-16(13)20(2,18)19/h4-5,13H,3,6-12H2,1-2H3,(H,15,17)/b5-4+/t13-/m0/s1. The maximum absolute atomic E-state index is 11.7. The van der Waals surface area contributed by atoms with Crippen molar-refractivity contribution in [1.29, 1.82) is 0 Å². The third kappa shape index (κ3) is 6.05. The first kappa shape index (κ1) is 17.2. The minimum absolute atomic E-state index is 0.00332. The second-order valence-corrected chi connectivity index (χ2v) is 7.18. The molecular weight excluding hydrogens is 276 g/mol. The molecule has 1 atom stereocenters. The quantitative estimate of drug-likeness (QED) is 0.727. The van der Waals surface area contributed by atoms with Crippen LogP contribution >= 0.6 is 0 Å². The van der Waals surface area contributed by atoms with Crippen LogP contribution in [-0.2, 0) is 14.8 Å². The lowest BCUT2D eigenvalue weighted by Gasteiger charge is -2.33. The van der Waals surface area contributed by atoms with Crippen molar-refractivity contribution >= 4 is 15.9 Å². The summed E-state index contributed by atoms with van der Waals surface area (Å²) in [6, 6.07) is 0.0326. The topological polar surface area (TPSA) is 66.5 Å². The molecule has 1 fully saturated rings. The van der Waals surface area contributed by atoms with Gasteiger partial charge in [0.2, 0.25) is 15.9 Å². The van der Waals surface area contributed by atoms with E-state index in [9.17, 15) is 13.2 Å². The summed E-state index contributed by atoms with van der Waals surface area (Å²) in [5.74, 6) is -0.00332. The third-order valence-electron chi connectivity index (χ3n) is 3.50. The first-order valence-corrected chi connectivity index (χ1v) is 9.18. The van der Waals surface area contributed by atoms with E-state index in [2.05, 4.69) is 5.32 Å². The number of carbonyl (C=O) groups is 1. The lowest BCUT2D eigenvalue weighted by Crippen LogP contribution is -2.44. The van der Waals surface area contributed by atoms with Crippen LogP contribution in [-0.4, -0.2) is 44.0 Å². The van der Waals surface area contributed by atoms with Gasteiger partial charge < -0.3 is 5.32 Å².